The zero-order valence-corrected chi connectivity index (χ0v) is 13.4. The highest BCUT2D eigenvalue weighted by atomic mass is 32.1. The number of aromatic nitrogens is 1. The summed E-state index contributed by atoms with van der Waals surface area (Å²) >= 11 is 1.44. The van der Waals surface area contributed by atoms with Crippen molar-refractivity contribution in [2.24, 2.45) is 10.2 Å². The van der Waals surface area contributed by atoms with E-state index in [0.717, 1.165) is 36.3 Å². The van der Waals surface area contributed by atoms with E-state index in [2.05, 4.69) is 26.4 Å². The van der Waals surface area contributed by atoms with E-state index < -0.39 is 0 Å². The number of carbonyl (C=O) groups excluding carboxylic acids is 1. The second kappa shape index (κ2) is 6.57. The molecule has 0 bridgehead atoms. The predicted octanol–water partition coefficient (Wildman–Crippen LogP) is 3.50. The lowest BCUT2D eigenvalue weighted by molar-refractivity contribution is 0.0954. The van der Waals surface area contributed by atoms with E-state index in [1.165, 1.54) is 24.2 Å². The SMILES string of the molecule is C#CCCC1(CCNC(=O)c2scnc2C2CCCC2)N=N1. The molecule has 5 nitrogen and oxygen atoms in total. The van der Waals surface area contributed by atoms with Gasteiger partial charge in [0.1, 0.15) is 4.88 Å². The van der Waals surface area contributed by atoms with E-state index in [4.69, 9.17) is 6.42 Å². The third-order valence-electron chi connectivity index (χ3n) is 4.41. The Kier molecular flexibility index (Phi) is 4.53. The Morgan fingerprint density at radius 3 is 2.86 bits per heavy atom. The van der Waals surface area contributed by atoms with Gasteiger partial charge in [0.05, 0.1) is 11.2 Å². The Labute approximate surface area is 134 Å². The Morgan fingerprint density at radius 1 is 1.41 bits per heavy atom. The summed E-state index contributed by atoms with van der Waals surface area (Å²) in [6, 6.07) is 0. The zero-order valence-electron chi connectivity index (χ0n) is 12.5. The average molecular weight is 316 g/mol. The highest BCUT2D eigenvalue weighted by molar-refractivity contribution is 7.11. The van der Waals surface area contributed by atoms with Gasteiger partial charge in [-0.05, 0) is 12.8 Å². The Morgan fingerprint density at radius 2 is 2.18 bits per heavy atom. The van der Waals surface area contributed by atoms with Crippen molar-refractivity contribution < 1.29 is 4.79 Å². The molecule has 0 atom stereocenters. The van der Waals surface area contributed by atoms with Gasteiger partial charge in [0.25, 0.3) is 5.91 Å². The highest BCUT2D eigenvalue weighted by Gasteiger charge is 2.38. The van der Waals surface area contributed by atoms with Crippen molar-refractivity contribution in [3.8, 4) is 12.3 Å². The van der Waals surface area contributed by atoms with E-state index in [-0.39, 0.29) is 11.6 Å². The number of nitrogens with zero attached hydrogens (tertiary/aromatic N) is 3. The quantitative estimate of drug-likeness (QED) is 0.782. The van der Waals surface area contributed by atoms with Gasteiger partial charge in [-0.15, -0.1) is 23.7 Å². The number of carbonyl (C=O) groups is 1. The molecule has 0 aromatic carbocycles. The van der Waals surface area contributed by atoms with Crippen LogP contribution in [0.25, 0.3) is 0 Å². The molecule has 2 aliphatic rings. The van der Waals surface area contributed by atoms with Crippen molar-refractivity contribution in [2.45, 2.75) is 56.5 Å². The molecule has 0 unspecified atom stereocenters. The van der Waals surface area contributed by atoms with E-state index in [1.54, 1.807) is 5.51 Å². The summed E-state index contributed by atoms with van der Waals surface area (Å²) < 4.78 is 0. The third kappa shape index (κ3) is 3.36. The van der Waals surface area contributed by atoms with Gasteiger partial charge in [-0.25, -0.2) is 4.98 Å². The topological polar surface area (TPSA) is 66.7 Å². The molecular formula is C16H20N4OS. The molecule has 0 saturated heterocycles. The van der Waals surface area contributed by atoms with Crippen molar-refractivity contribution in [3.05, 3.63) is 16.1 Å². The summed E-state index contributed by atoms with van der Waals surface area (Å²) in [6.45, 7) is 0.568. The summed E-state index contributed by atoms with van der Waals surface area (Å²) in [7, 11) is 0. The van der Waals surface area contributed by atoms with Crippen molar-refractivity contribution in [3.63, 3.8) is 0 Å². The zero-order chi connectivity index (χ0) is 15.4. The van der Waals surface area contributed by atoms with Crippen LogP contribution in [0.1, 0.15) is 66.2 Å². The van der Waals surface area contributed by atoms with Crippen LogP contribution in [0, 0.1) is 12.3 Å². The molecule has 1 aromatic rings. The Hall–Kier alpha value is -1.74. The van der Waals surface area contributed by atoms with Crippen LogP contribution in [0.4, 0.5) is 0 Å². The maximum absolute atomic E-state index is 12.4. The van der Waals surface area contributed by atoms with E-state index in [0.29, 0.717) is 18.9 Å². The normalized spacial score (nSPS) is 19.0. The first-order valence-corrected chi connectivity index (χ1v) is 8.71. The second-order valence-electron chi connectivity index (χ2n) is 5.94. The van der Waals surface area contributed by atoms with Gasteiger partial charge in [0.15, 0.2) is 5.66 Å². The van der Waals surface area contributed by atoms with Gasteiger partial charge in [0.2, 0.25) is 0 Å². The molecule has 116 valence electrons. The molecular weight excluding hydrogens is 296 g/mol. The summed E-state index contributed by atoms with van der Waals surface area (Å²) in [4.78, 5) is 17.6. The van der Waals surface area contributed by atoms with Crippen molar-refractivity contribution in [2.75, 3.05) is 6.54 Å². The number of terminal acetylenes is 1. The minimum atomic E-state index is -0.332. The molecule has 1 amide bonds. The first kappa shape index (κ1) is 15.2. The van der Waals surface area contributed by atoms with E-state index in [1.807, 2.05) is 0 Å². The lowest BCUT2D eigenvalue weighted by Crippen LogP contribution is -2.28. The Balaban J connectivity index is 1.50. The molecule has 1 fully saturated rings. The van der Waals surface area contributed by atoms with Crippen LogP contribution in [-0.2, 0) is 0 Å². The van der Waals surface area contributed by atoms with Gasteiger partial charge in [-0.2, -0.15) is 10.2 Å². The second-order valence-corrected chi connectivity index (χ2v) is 6.80. The monoisotopic (exact) mass is 316 g/mol. The molecule has 0 spiro atoms. The third-order valence-corrected chi connectivity index (χ3v) is 5.25. The molecule has 1 saturated carbocycles. The predicted molar refractivity (Wildman–Crippen MR) is 85.9 cm³/mol. The van der Waals surface area contributed by atoms with Crippen LogP contribution < -0.4 is 5.32 Å². The van der Waals surface area contributed by atoms with Gasteiger partial charge in [-0.1, -0.05) is 12.8 Å². The fraction of sp³-hybridized carbons (Fsp3) is 0.625. The van der Waals surface area contributed by atoms with E-state index >= 15 is 0 Å². The minimum Gasteiger partial charge on any atom is -0.351 e. The van der Waals surface area contributed by atoms with Crippen LogP contribution >= 0.6 is 11.3 Å². The van der Waals surface area contributed by atoms with Crippen LogP contribution in [-0.4, -0.2) is 23.1 Å². The fourth-order valence-electron chi connectivity index (χ4n) is 3.04. The van der Waals surface area contributed by atoms with Gasteiger partial charge in [0, 0.05) is 31.7 Å². The number of amides is 1. The lowest BCUT2D eigenvalue weighted by Gasteiger charge is -2.11. The number of hydrogen-bond acceptors (Lipinski definition) is 5. The van der Waals surface area contributed by atoms with Gasteiger partial charge in [-0.3, -0.25) is 4.79 Å². The number of thiazole rings is 1. The first-order chi connectivity index (χ1) is 10.7. The summed E-state index contributed by atoms with van der Waals surface area (Å²) in [5, 5.41) is 11.1. The van der Waals surface area contributed by atoms with Crippen LogP contribution in [0.2, 0.25) is 0 Å². The fourth-order valence-corrected chi connectivity index (χ4v) is 3.83. The maximum atomic E-state index is 12.4. The molecule has 6 heteroatoms. The van der Waals surface area contributed by atoms with Crippen LogP contribution in [0.15, 0.2) is 15.7 Å². The molecule has 1 aliphatic carbocycles. The number of hydrogen-bond donors (Lipinski definition) is 1. The smallest absolute Gasteiger partial charge is 0.263 e. The van der Waals surface area contributed by atoms with Gasteiger partial charge >= 0.3 is 0 Å². The molecule has 3 rings (SSSR count). The largest absolute Gasteiger partial charge is 0.351 e. The van der Waals surface area contributed by atoms with Crippen molar-refractivity contribution >= 4 is 17.2 Å². The lowest BCUT2D eigenvalue weighted by atomic mass is 10.0. The summed E-state index contributed by atoms with van der Waals surface area (Å²) in [5.74, 6) is 3.05. The minimum absolute atomic E-state index is 0.0165. The standard InChI is InChI=1S/C16H20N4OS/c1-2-3-8-16(19-20-16)9-10-17-15(21)14-13(18-11-22-14)12-6-4-5-7-12/h1,11-12H,3-10H2,(H,17,21). The van der Waals surface area contributed by atoms with Gasteiger partial charge < -0.3 is 5.32 Å². The van der Waals surface area contributed by atoms with Crippen LogP contribution in [0.5, 0.6) is 0 Å². The van der Waals surface area contributed by atoms with Crippen molar-refractivity contribution in [1.82, 2.24) is 10.3 Å². The number of rotatable bonds is 7. The average Bonchev–Trinajstić information content (AvgIpc) is 2.97. The Bertz CT molecular complexity index is 604. The number of nitrogens with one attached hydrogen (secondary N) is 1. The van der Waals surface area contributed by atoms with Crippen LogP contribution in [0.3, 0.4) is 0 Å². The first-order valence-electron chi connectivity index (χ1n) is 7.83. The molecule has 2 heterocycles. The molecule has 0 radical (unpaired) electrons. The molecule has 1 aromatic heterocycles. The maximum Gasteiger partial charge on any atom is 0.263 e. The van der Waals surface area contributed by atoms with Crippen molar-refractivity contribution in [1.29, 1.82) is 0 Å². The highest BCUT2D eigenvalue weighted by Crippen LogP contribution is 2.37. The molecule has 1 N–H and O–H groups in total. The molecule has 22 heavy (non-hydrogen) atoms. The van der Waals surface area contributed by atoms with E-state index in [9.17, 15) is 4.79 Å². The summed E-state index contributed by atoms with van der Waals surface area (Å²) in [6.07, 6.45) is 12.2. The summed E-state index contributed by atoms with van der Waals surface area (Å²) in [5.41, 5.74) is 2.44. The molecule has 1 aliphatic heterocycles.